The van der Waals surface area contributed by atoms with Crippen LogP contribution >= 0.6 is 0 Å². The highest BCUT2D eigenvalue weighted by Gasteiger charge is 2.30. The largest absolute Gasteiger partial charge is 0.444 e. The molecule has 1 unspecified atom stereocenters. The third-order valence-corrected chi connectivity index (χ3v) is 3.57. The third kappa shape index (κ3) is 5.29. The lowest BCUT2D eigenvalue weighted by atomic mass is 10.0. The minimum Gasteiger partial charge on any atom is -0.444 e. The van der Waals surface area contributed by atoms with Crippen molar-refractivity contribution in [3.05, 3.63) is 12.2 Å². The van der Waals surface area contributed by atoms with Gasteiger partial charge in [0.15, 0.2) is 5.82 Å². The second-order valence-electron chi connectivity index (χ2n) is 6.62. The summed E-state index contributed by atoms with van der Waals surface area (Å²) >= 11 is 0. The lowest BCUT2D eigenvalue weighted by Crippen LogP contribution is -2.50. The van der Waals surface area contributed by atoms with E-state index in [0.29, 0.717) is 5.82 Å². The van der Waals surface area contributed by atoms with Crippen molar-refractivity contribution in [2.75, 3.05) is 19.6 Å². The zero-order valence-electron chi connectivity index (χ0n) is 13.7. The van der Waals surface area contributed by atoms with Gasteiger partial charge in [0.1, 0.15) is 5.60 Å². The van der Waals surface area contributed by atoms with E-state index in [0.717, 1.165) is 45.3 Å². The van der Waals surface area contributed by atoms with Gasteiger partial charge in [-0.2, -0.15) is 4.98 Å². The fourth-order valence-corrected chi connectivity index (χ4v) is 2.55. The van der Waals surface area contributed by atoms with Crippen molar-refractivity contribution < 1.29 is 14.1 Å². The van der Waals surface area contributed by atoms with Gasteiger partial charge in [0.2, 0.25) is 6.39 Å². The van der Waals surface area contributed by atoms with Gasteiger partial charge in [0.05, 0.1) is 0 Å². The Hall–Kier alpha value is -1.63. The standard InChI is InChI=1S/C15H26N4O3/c1-15(2,3)22-14(20)19-9-5-4-6-12(19)10-16-8-7-13-17-11-21-18-13/h11-12,16H,4-10H2,1-3H3. The van der Waals surface area contributed by atoms with Crippen molar-refractivity contribution in [1.29, 1.82) is 0 Å². The van der Waals surface area contributed by atoms with Crippen LogP contribution in [-0.2, 0) is 11.2 Å². The third-order valence-electron chi connectivity index (χ3n) is 3.57. The fourth-order valence-electron chi connectivity index (χ4n) is 2.55. The molecule has 2 rings (SSSR count). The smallest absolute Gasteiger partial charge is 0.410 e. The van der Waals surface area contributed by atoms with Gasteiger partial charge in [0, 0.05) is 32.1 Å². The molecule has 1 amide bonds. The Balaban J connectivity index is 1.77. The topological polar surface area (TPSA) is 80.5 Å². The molecule has 7 nitrogen and oxygen atoms in total. The molecule has 0 bridgehead atoms. The van der Waals surface area contributed by atoms with Gasteiger partial charge in [-0.05, 0) is 40.0 Å². The normalized spacial score (nSPS) is 19.2. The molecule has 0 aliphatic carbocycles. The van der Waals surface area contributed by atoms with E-state index in [9.17, 15) is 4.79 Å². The maximum absolute atomic E-state index is 12.3. The van der Waals surface area contributed by atoms with E-state index in [1.54, 1.807) is 0 Å². The van der Waals surface area contributed by atoms with Gasteiger partial charge in [-0.25, -0.2) is 4.79 Å². The first-order chi connectivity index (χ1) is 10.5. The Labute approximate surface area is 131 Å². The molecule has 1 atom stereocenters. The molecule has 2 heterocycles. The second-order valence-corrected chi connectivity index (χ2v) is 6.62. The van der Waals surface area contributed by atoms with E-state index in [-0.39, 0.29) is 12.1 Å². The number of hydrogen-bond donors (Lipinski definition) is 1. The van der Waals surface area contributed by atoms with Crippen molar-refractivity contribution in [2.24, 2.45) is 0 Å². The first kappa shape index (κ1) is 16.7. The number of rotatable bonds is 5. The van der Waals surface area contributed by atoms with Crippen LogP contribution in [0.15, 0.2) is 10.9 Å². The van der Waals surface area contributed by atoms with E-state index in [2.05, 4.69) is 15.5 Å². The van der Waals surface area contributed by atoms with E-state index >= 15 is 0 Å². The monoisotopic (exact) mass is 310 g/mol. The van der Waals surface area contributed by atoms with Crippen molar-refractivity contribution in [3.8, 4) is 0 Å². The number of nitrogens with one attached hydrogen (secondary N) is 1. The van der Waals surface area contributed by atoms with Crippen molar-refractivity contribution in [2.45, 2.75) is 58.1 Å². The van der Waals surface area contributed by atoms with Gasteiger partial charge in [-0.15, -0.1) is 0 Å². The molecule has 1 aliphatic heterocycles. The van der Waals surface area contributed by atoms with Crippen LogP contribution in [-0.4, -0.2) is 52.4 Å². The Kier molecular flexibility index (Phi) is 5.76. The molecule has 124 valence electrons. The van der Waals surface area contributed by atoms with E-state index < -0.39 is 5.60 Å². The number of piperidine rings is 1. The summed E-state index contributed by atoms with van der Waals surface area (Å²) in [6, 6.07) is 0.189. The number of amides is 1. The van der Waals surface area contributed by atoms with Crippen LogP contribution in [0.25, 0.3) is 0 Å². The molecule has 22 heavy (non-hydrogen) atoms. The summed E-state index contributed by atoms with van der Waals surface area (Å²) in [6.45, 7) is 7.98. The SMILES string of the molecule is CC(C)(C)OC(=O)N1CCCCC1CNCCc1ncon1. The molecule has 0 saturated carbocycles. The maximum Gasteiger partial charge on any atom is 0.410 e. The summed E-state index contributed by atoms with van der Waals surface area (Å²) in [7, 11) is 0. The molecule has 1 aliphatic rings. The summed E-state index contributed by atoms with van der Waals surface area (Å²) in [4.78, 5) is 18.1. The molecule has 1 fully saturated rings. The van der Waals surface area contributed by atoms with Crippen LogP contribution in [0, 0.1) is 0 Å². The van der Waals surface area contributed by atoms with Gasteiger partial charge >= 0.3 is 6.09 Å². The van der Waals surface area contributed by atoms with Gasteiger partial charge in [-0.3, -0.25) is 0 Å². The van der Waals surface area contributed by atoms with Crippen molar-refractivity contribution in [3.63, 3.8) is 0 Å². The van der Waals surface area contributed by atoms with Crippen molar-refractivity contribution >= 4 is 6.09 Å². The van der Waals surface area contributed by atoms with Crippen LogP contribution in [0.4, 0.5) is 4.79 Å². The van der Waals surface area contributed by atoms with Crippen LogP contribution < -0.4 is 5.32 Å². The number of likely N-dealkylation sites (tertiary alicyclic amines) is 1. The highest BCUT2D eigenvalue weighted by molar-refractivity contribution is 5.68. The second kappa shape index (κ2) is 7.58. The van der Waals surface area contributed by atoms with Gasteiger partial charge in [-0.1, -0.05) is 5.16 Å². The molecule has 0 spiro atoms. The molecule has 1 saturated heterocycles. The molecule has 1 aromatic heterocycles. The lowest BCUT2D eigenvalue weighted by molar-refractivity contribution is 0.00999. The summed E-state index contributed by atoms with van der Waals surface area (Å²) in [5, 5.41) is 7.14. The number of nitrogens with zero attached hydrogens (tertiary/aromatic N) is 3. The predicted octanol–water partition coefficient (Wildman–Crippen LogP) is 1.99. The van der Waals surface area contributed by atoms with E-state index in [1.807, 2.05) is 25.7 Å². The summed E-state index contributed by atoms with van der Waals surface area (Å²) in [5.74, 6) is 0.695. The summed E-state index contributed by atoms with van der Waals surface area (Å²) in [5.41, 5.74) is -0.453. The molecular formula is C15H26N4O3. The first-order valence-electron chi connectivity index (χ1n) is 7.91. The summed E-state index contributed by atoms with van der Waals surface area (Å²) < 4.78 is 10.2. The van der Waals surface area contributed by atoms with Crippen LogP contribution in [0.1, 0.15) is 45.9 Å². The molecular weight excluding hydrogens is 284 g/mol. The number of carbonyl (C=O) groups is 1. The van der Waals surface area contributed by atoms with Gasteiger partial charge < -0.3 is 19.5 Å². The van der Waals surface area contributed by atoms with Crippen molar-refractivity contribution in [1.82, 2.24) is 20.4 Å². The highest BCUT2D eigenvalue weighted by atomic mass is 16.6. The zero-order chi connectivity index (χ0) is 16.0. The van der Waals surface area contributed by atoms with E-state index in [1.165, 1.54) is 6.39 Å². The number of carbonyl (C=O) groups excluding carboxylic acids is 1. The van der Waals surface area contributed by atoms with Crippen LogP contribution in [0.5, 0.6) is 0 Å². The van der Waals surface area contributed by atoms with Gasteiger partial charge in [0.25, 0.3) is 0 Å². The molecule has 1 N–H and O–H groups in total. The number of ether oxygens (including phenoxy) is 1. The van der Waals surface area contributed by atoms with Crippen LogP contribution in [0.3, 0.4) is 0 Å². The Morgan fingerprint density at radius 2 is 2.32 bits per heavy atom. The Bertz CT molecular complexity index is 456. The molecule has 1 aromatic rings. The minimum atomic E-state index is -0.453. The van der Waals surface area contributed by atoms with Crippen LogP contribution in [0.2, 0.25) is 0 Å². The highest BCUT2D eigenvalue weighted by Crippen LogP contribution is 2.20. The Morgan fingerprint density at radius 3 is 3.00 bits per heavy atom. The molecule has 0 radical (unpaired) electrons. The number of aromatic nitrogens is 2. The maximum atomic E-state index is 12.3. The molecule has 0 aromatic carbocycles. The molecule has 7 heteroatoms. The zero-order valence-corrected chi connectivity index (χ0v) is 13.7. The lowest BCUT2D eigenvalue weighted by Gasteiger charge is -2.36. The average molecular weight is 310 g/mol. The Morgan fingerprint density at radius 1 is 1.50 bits per heavy atom. The quantitative estimate of drug-likeness (QED) is 0.838. The minimum absolute atomic E-state index is 0.189. The summed E-state index contributed by atoms with van der Waals surface area (Å²) in [6.07, 6.45) is 5.04. The van der Waals surface area contributed by atoms with E-state index in [4.69, 9.17) is 9.26 Å². The predicted molar refractivity (Wildman–Crippen MR) is 81.5 cm³/mol. The number of hydrogen-bond acceptors (Lipinski definition) is 6. The average Bonchev–Trinajstić information content (AvgIpc) is 2.95. The fraction of sp³-hybridized carbons (Fsp3) is 0.800. The first-order valence-corrected chi connectivity index (χ1v) is 7.91.